The van der Waals surface area contributed by atoms with E-state index in [0.29, 0.717) is 6.04 Å². The molecule has 0 N–H and O–H groups in total. The third-order valence-electron chi connectivity index (χ3n) is 3.70. The zero-order valence-corrected chi connectivity index (χ0v) is 12.4. The number of hydrogen-bond donors (Lipinski definition) is 0. The van der Waals surface area contributed by atoms with Gasteiger partial charge in [-0.2, -0.15) is 0 Å². The van der Waals surface area contributed by atoms with Crippen molar-refractivity contribution in [3.63, 3.8) is 0 Å². The van der Waals surface area contributed by atoms with Crippen LogP contribution in [0, 0.1) is 0 Å². The van der Waals surface area contributed by atoms with Crippen LogP contribution in [-0.4, -0.2) is 60.7 Å². The molecule has 6 heteroatoms. The second-order valence-corrected chi connectivity index (χ2v) is 5.12. The molecule has 1 saturated heterocycles. The molecule has 0 saturated carbocycles. The summed E-state index contributed by atoms with van der Waals surface area (Å²) in [6, 6.07) is 0.431. The van der Waals surface area contributed by atoms with Crippen LogP contribution in [0.5, 0.6) is 0 Å². The summed E-state index contributed by atoms with van der Waals surface area (Å²) >= 11 is 0. The Balaban J connectivity index is 2.18. The Labute approximate surface area is 119 Å². The highest BCUT2D eigenvalue weighted by Crippen LogP contribution is 2.19. The van der Waals surface area contributed by atoms with Gasteiger partial charge in [-0.3, -0.25) is 0 Å². The van der Waals surface area contributed by atoms with Gasteiger partial charge in [-0.25, -0.2) is 14.8 Å². The van der Waals surface area contributed by atoms with Crippen LogP contribution in [0.15, 0.2) is 12.4 Å². The van der Waals surface area contributed by atoms with E-state index in [9.17, 15) is 4.79 Å². The van der Waals surface area contributed by atoms with Crippen molar-refractivity contribution < 1.29 is 9.53 Å². The topological polar surface area (TPSA) is 58.6 Å². The summed E-state index contributed by atoms with van der Waals surface area (Å²) in [5.74, 6) is 0.381. The predicted octanol–water partition coefficient (Wildman–Crippen LogP) is 1.18. The van der Waals surface area contributed by atoms with E-state index in [-0.39, 0.29) is 5.69 Å². The fourth-order valence-electron chi connectivity index (χ4n) is 2.57. The zero-order chi connectivity index (χ0) is 14.5. The van der Waals surface area contributed by atoms with Crippen LogP contribution in [0.2, 0.25) is 0 Å². The molecule has 2 rings (SSSR count). The summed E-state index contributed by atoms with van der Waals surface area (Å²) < 4.78 is 4.64. The van der Waals surface area contributed by atoms with Crippen LogP contribution in [0.3, 0.4) is 0 Å². The number of carbonyl (C=O) groups is 1. The number of methoxy groups -OCH3 is 1. The smallest absolute Gasteiger partial charge is 0.358 e. The Morgan fingerprint density at radius 2 is 2.20 bits per heavy atom. The van der Waals surface area contributed by atoms with Crippen molar-refractivity contribution in [3.8, 4) is 0 Å². The molecule has 0 radical (unpaired) electrons. The van der Waals surface area contributed by atoms with Gasteiger partial charge in [0.15, 0.2) is 5.69 Å². The minimum atomic E-state index is -0.452. The van der Waals surface area contributed by atoms with Gasteiger partial charge in [0.2, 0.25) is 0 Å². The molecule has 20 heavy (non-hydrogen) atoms. The van der Waals surface area contributed by atoms with Crippen LogP contribution in [0.4, 0.5) is 5.82 Å². The van der Waals surface area contributed by atoms with Gasteiger partial charge in [0, 0.05) is 19.1 Å². The van der Waals surface area contributed by atoms with Gasteiger partial charge < -0.3 is 14.5 Å². The summed E-state index contributed by atoms with van der Waals surface area (Å²) in [7, 11) is 3.49. The van der Waals surface area contributed by atoms with Crippen molar-refractivity contribution in [2.45, 2.75) is 25.8 Å². The highest BCUT2D eigenvalue weighted by Gasteiger charge is 2.23. The fourth-order valence-corrected chi connectivity index (χ4v) is 2.57. The minimum Gasteiger partial charge on any atom is -0.464 e. The van der Waals surface area contributed by atoms with Crippen molar-refractivity contribution in [2.75, 3.05) is 38.7 Å². The first kappa shape index (κ1) is 14.7. The number of aromatic nitrogens is 2. The second-order valence-electron chi connectivity index (χ2n) is 5.12. The molecule has 0 aliphatic carbocycles. The molecule has 0 amide bonds. The molecule has 1 unspecified atom stereocenters. The van der Waals surface area contributed by atoms with E-state index in [2.05, 4.69) is 38.5 Å². The molecule has 0 bridgehead atoms. The lowest BCUT2D eigenvalue weighted by Crippen LogP contribution is -2.40. The molecule has 2 heterocycles. The summed E-state index contributed by atoms with van der Waals surface area (Å²) in [4.78, 5) is 24.5. The van der Waals surface area contributed by atoms with E-state index in [4.69, 9.17) is 0 Å². The monoisotopic (exact) mass is 278 g/mol. The molecule has 0 spiro atoms. The van der Waals surface area contributed by atoms with Gasteiger partial charge in [-0.05, 0) is 26.4 Å². The third-order valence-corrected chi connectivity index (χ3v) is 3.70. The molecule has 1 atom stereocenters. The SMILES string of the molecule is CCC1CN(C)CCCN1c1cnc(C(=O)OC)cn1. The Bertz CT molecular complexity index is 449. The van der Waals surface area contributed by atoms with Crippen molar-refractivity contribution in [3.05, 3.63) is 18.1 Å². The number of carbonyl (C=O) groups excluding carboxylic acids is 1. The number of ether oxygens (including phenoxy) is 1. The number of nitrogens with zero attached hydrogens (tertiary/aromatic N) is 4. The van der Waals surface area contributed by atoms with Gasteiger partial charge in [0.05, 0.1) is 19.5 Å². The highest BCUT2D eigenvalue weighted by atomic mass is 16.5. The summed E-state index contributed by atoms with van der Waals surface area (Å²) in [5.41, 5.74) is 0.247. The first-order valence-corrected chi connectivity index (χ1v) is 7.01. The number of anilines is 1. The Morgan fingerprint density at radius 3 is 2.80 bits per heavy atom. The van der Waals surface area contributed by atoms with Crippen molar-refractivity contribution >= 4 is 11.8 Å². The van der Waals surface area contributed by atoms with E-state index in [1.165, 1.54) is 13.3 Å². The molecule has 110 valence electrons. The Kier molecular flexibility index (Phi) is 4.89. The molecule has 1 aromatic heterocycles. The van der Waals surface area contributed by atoms with Crippen molar-refractivity contribution in [1.29, 1.82) is 0 Å². The van der Waals surface area contributed by atoms with Crippen molar-refractivity contribution in [2.24, 2.45) is 0 Å². The van der Waals surface area contributed by atoms with E-state index in [1.54, 1.807) is 6.20 Å². The molecule has 1 aliphatic rings. The maximum atomic E-state index is 11.4. The molecule has 0 aromatic carbocycles. The van der Waals surface area contributed by atoms with E-state index in [1.807, 2.05) is 0 Å². The van der Waals surface area contributed by atoms with E-state index in [0.717, 1.165) is 38.3 Å². The maximum Gasteiger partial charge on any atom is 0.358 e. The number of rotatable bonds is 3. The summed E-state index contributed by atoms with van der Waals surface area (Å²) in [6.07, 6.45) is 5.32. The fraction of sp³-hybridized carbons (Fsp3) is 0.643. The van der Waals surface area contributed by atoms with Gasteiger partial charge in [0.25, 0.3) is 0 Å². The number of likely N-dealkylation sites (N-methyl/N-ethyl adjacent to an activating group) is 1. The lowest BCUT2D eigenvalue weighted by Gasteiger charge is -2.30. The number of esters is 1. The van der Waals surface area contributed by atoms with Crippen LogP contribution in [0.25, 0.3) is 0 Å². The average molecular weight is 278 g/mol. The summed E-state index contributed by atoms with van der Waals surface area (Å²) in [5, 5.41) is 0. The molecule has 1 aliphatic heterocycles. The first-order chi connectivity index (χ1) is 9.65. The van der Waals surface area contributed by atoms with Crippen LogP contribution in [-0.2, 0) is 4.74 Å². The standard InChI is InChI=1S/C14H22N4O2/c1-4-11-10-17(2)6-5-7-18(11)13-9-15-12(8-16-13)14(19)20-3/h8-9,11H,4-7,10H2,1-3H3. The minimum absolute atomic E-state index is 0.247. The molecular formula is C14H22N4O2. The Morgan fingerprint density at radius 1 is 1.40 bits per heavy atom. The molecule has 1 aromatic rings. The molecular weight excluding hydrogens is 256 g/mol. The first-order valence-electron chi connectivity index (χ1n) is 7.01. The summed E-state index contributed by atoms with van der Waals surface area (Å²) in [6.45, 7) is 5.28. The van der Waals surface area contributed by atoms with Gasteiger partial charge in [-0.1, -0.05) is 6.92 Å². The third kappa shape index (κ3) is 3.25. The Hall–Kier alpha value is -1.69. The predicted molar refractivity (Wildman–Crippen MR) is 76.9 cm³/mol. The number of hydrogen-bond acceptors (Lipinski definition) is 6. The van der Waals surface area contributed by atoms with Crippen LogP contribution >= 0.6 is 0 Å². The average Bonchev–Trinajstić information content (AvgIpc) is 2.67. The zero-order valence-electron chi connectivity index (χ0n) is 12.4. The van der Waals surface area contributed by atoms with E-state index < -0.39 is 5.97 Å². The van der Waals surface area contributed by atoms with E-state index >= 15 is 0 Å². The van der Waals surface area contributed by atoms with Crippen LogP contribution in [0.1, 0.15) is 30.3 Å². The second kappa shape index (κ2) is 6.65. The molecule has 6 nitrogen and oxygen atoms in total. The van der Waals surface area contributed by atoms with Crippen molar-refractivity contribution in [1.82, 2.24) is 14.9 Å². The highest BCUT2D eigenvalue weighted by molar-refractivity contribution is 5.86. The van der Waals surface area contributed by atoms with Gasteiger partial charge in [-0.15, -0.1) is 0 Å². The lowest BCUT2D eigenvalue weighted by atomic mass is 10.2. The van der Waals surface area contributed by atoms with Gasteiger partial charge >= 0.3 is 5.97 Å². The normalized spacial score (nSPS) is 20.6. The maximum absolute atomic E-state index is 11.4. The molecule has 1 fully saturated rings. The lowest BCUT2D eigenvalue weighted by molar-refractivity contribution is 0.0593. The largest absolute Gasteiger partial charge is 0.464 e. The van der Waals surface area contributed by atoms with Crippen LogP contribution < -0.4 is 4.90 Å². The quantitative estimate of drug-likeness (QED) is 0.774. The van der Waals surface area contributed by atoms with Gasteiger partial charge in [0.1, 0.15) is 5.82 Å².